The molecular weight excluding hydrogens is 265 g/mol. The average Bonchev–Trinajstić information content (AvgIpc) is 2.66. The Morgan fingerprint density at radius 3 is 2.53 bits per heavy atom. The van der Waals surface area contributed by atoms with Crippen LogP contribution in [0.2, 0.25) is 0 Å². The second-order valence-electron chi connectivity index (χ2n) is 3.81. The zero-order chi connectivity index (χ0) is 14.4. The van der Waals surface area contributed by atoms with Gasteiger partial charge >= 0.3 is 12.1 Å². The van der Waals surface area contributed by atoms with Gasteiger partial charge in [0, 0.05) is 7.05 Å². The average molecular weight is 274 g/mol. The Balaban J connectivity index is 2.91. The minimum absolute atomic E-state index is 0.0890. The molecule has 2 rings (SSSR count). The molecule has 0 amide bonds. The molecule has 0 aliphatic heterocycles. The van der Waals surface area contributed by atoms with Crippen LogP contribution in [0.5, 0.6) is 5.75 Å². The van der Waals surface area contributed by atoms with Crippen LogP contribution in [0.25, 0.3) is 11.0 Å². The van der Waals surface area contributed by atoms with Gasteiger partial charge in [-0.25, -0.2) is 9.78 Å². The monoisotopic (exact) mass is 274 g/mol. The third-order valence-electron chi connectivity index (χ3n) is 2.69. The molecule has 0 fully saturated rings. The number of carboxylic acid groups (broad SMARTS) is 1. The van der Waals surface area contributed by atoms with Crippen LogP contribution < -0.4 is 4.74 Å². The van der Waals surface area contributed by atoms with Crippen LogP contribution in [0, 0.1) is 0 Å². The lowest BCUT2D eigenvalue weighted by Crippen LogP contribution is -2.13. The molecule has 8 heteroatoms. The van der Waals surface area contributed by atoms with Crippen molar-refractivity contribution in [3.05, 3.63) is 23.5 Å². The van der Waals surface area contributed by atoms with Crippen molar-refractivity contribution in [1.82, 2.24) is 9.55 Å². The van der Waals surface area contributed by atoms with E-state index < -0.39 is 18.0 Å². The summed E-state index contributed by atoms with van der Waals surface area (Å²) < 4.78 is 44.0. The fraction of sp³-hybridized carbons (Fsp3) is 0.273. The molecule has 0 radical (unpaired) electrons. The van der Waals surface area contributed by atoms with Crippen molar-refractivity contribution >= 4 is 17.0 Å². The van der Waals surface area contributed by atoms with E-state index in [9.17, 15) is 18.0 Å². The molecule has 0 saturated heterocycles. The van der Waals surface area contributed by atoms with Crippen molar-refractivity contribution in [2.45, 2.75) is 6.18 Å². The summed E-state index contributed by atoms with van der Waals surface area (Å²) in [6, 6.07) is 2.46. The molecule has 1 heterocycles. The van der Waals surface area contributed by atoms with Crippen LogP contribution in [0.15, 0.2) is 12.1 Å². The third-order valence-corrected chi connectivity index (χ3v) is 2.69. The largest absolute Gasteiger partial charge is 0.494 e. The molecule has 0 aliphatic carbocycles. The number of methoxy groups -OCH3 is 1. The summed E-state index contributed by atoms with van der Waals surface area (Å²) in [5.41, 5.74) is -0.516. The molecule has 0 atom stereocenters. The third kappa shape index (κ3) is 1.98. The second-order valence-corrected chi connectivity index (χ2v) is 3.81. The van der Waals surface area contributed by atoms with Gasteiger partial charge in [0.25, 0.3) is 0 Å². The first kappa shape index (κ1) is 13.2. The summed E-state index contributed by atoms with van der Waals surface area (Å²) in [6.07, 6.45) is -4.67. The molecule has 0 spiro atoms. The van der Waals surface area contributed by atoms with Gasteiger partial charge in [0.1, 0.15) is 11.3 Å². The molecule has 2 aromatic rings. The Labute approximate surface area is 105 Å². The van der Waals surface area contributed by atoms with Crippen molar-refractivity contribution in [1.29, 1.82) is 0 Å². The van der Waals surface area contributed by atoms with E-state index in [1.165, 1.54) is 19.2 Å². The van der Waals surface area contributed by atoms with Gasteiger partial charge in [-0.15, -0.1) is 0 Å². The molecular formula is C11H9F3N2O3. The van der Waals surface area contributed by atoms with Crippen LogP contribution in [-0.2, 0) is 13.2 Å². The Bertz CT molecular complexity index is 661. The number of aromatic carboxylic acids is 1. The molecule has 0 unspecified atom stereocenters. The first-order chi connectivity index (χ1) is 8.77. The minimum Gasteiger partial charge on any atom is -0.494 e. The van der Waals surface area contributed by atoms with E-state index in [0.717, 1.165) is 7.05 Å². The van der Waals surface area contributed by atoms with E-state index in [0.29, 0.717) is 4.57 Å². The highest BCUT2D eigenvalue weighted by atomic mass is 19.4. The molecule has 0 bridgehead atoms. The number of carbonyl (C=O) groups is 1. The lowest BCUT2D eigenvalue weighted by Gasteiger charge is -2.07. The van der Waals surface area contributed by atoms with Crippen molar-refractivity contribution in [3.63, 3.8) is 0 Å². The van der Waals surface area contributed by atoms with E-state index in [1.807, 2.05) is 0 Å². The van der Waals surface area contributed by atoms with Gasteiger partial charge in [-0.05, 0) is 12.1 Å². The normalized spacial score (nSPS) is 11.8. The quantitative estimate of drug-likeness (QED) is 0.912. The highest BCUT2D eigenvalue weighted by molar-refractivity contribution is 6.03. The number of ether oxygens (including phenoxy) is 1. The number of imidazole rings is 1. The van der Waals surface area contributed by atoms with Gasteiger partial charge in [-0.1, -0.05) is 0 Å². The Morgan fingerprint density at radius 2 is 2.05 bits per heavy atom. The van der Waals surface area contributed by atoms with Gasteiger partial charge in [0.15, 0.2) is 0 Å². The fourth-order valence-corrected chi connectivity index (χ4v) is 1.89. The standard InChI is InChI=1S/C11H9F3N2O3/c1-16-8-5(9(17)18)3-4-6(19-2)7(8)15-10(16)11(12,13)14/h3-4H,1-2H3,(H,17,18). The first-order valence-corrected chi connectivity index (χ1v) is 5.11. The molecule has 1 aromatic carbocycles. The summed E-state index contributed by atoms with van der Waals surface area (Å²) in [6.45, 7) is 0. The van der Waals surface area contributed by atoms with Crippen molar-refractivity contribution in [2.24, 2.45) is 7.05 Å². The summed E-state index contributed by atoms with van der Waals surface area (Å²) in [4.78, 5) is 14.5. The zero-order valence-electron chi connectivity index (χ0n) is 9.95. The maximum atomic E-state index is 12.8. The highest BCUT2D eigenvalue weighted by Gasteiger charge is 2.38. The summed E-state index contributed by atoms with van der Waals surface area (Å²) in [5, 5.41) is 9.02. The molecule has 19 heavy (non-hydrogen) atoms. The molecule has 1 aromatic heterocycles. The van der Waals surface area contributed by atoms with Crippen molar-refractivity contribution in [2.75, 3.05) is 7.11 Å². The maximum absolute atomic E-state index is 12.8. The highest BCUT2D eigenvalue weighted by Crippen LogP contribution is 2.35. The van der Waals surface area contributed by atoms with Gasteiger partial charge in [-0.2, -0.15) is 13.2 Å². The number of aromatic nitrogens is 2. The van der Waals surface area contributed by atoms with E-state index in [-0.39, 0.29) is 22.3 Å². The number of hydrogen-bond acceptors (Lipinski definition) is 3. The Hall–Kier alpha value is -2.25. The SMILES string of the molecule is COc1ccc(C(=O)O)c2c1nc(C(F)(F)F)n2C. The Kier molecular flexibility index (Phi) is 2.88. The number of hydrogen-bond donors (Lipinski definition) is 1. The lowest BCUT2D eigenvalue weighted by atomic mass is 10.1. The van der Waals surface area contributed by atoms with Gasteiger partial charge in [0.05, 0.1) is 18.2 Å². The van der Waals surface area contributed by atoms with E-state index in [2.05, 4.69) is 4.98 Å². The lowest BCUT2D eigenvalue weighted by molar-refractivity contribution is -0.146. The first-order valence-electron chi connectivity index (χ1n) is 5.11. The number of aryl methyl sites for hydroxylation is 1. The van der Waals surface area contributed by atoms with Gasteiger partial charge in [0.2, 0.25) is 5.82 Å². The van der Waals surface area contributed by atoms with Crippen LogP contribution in [-0.4, -0.2) is 27.7 Å². The smallest absolute Gasteiger partial charge is 0.449 e. The number of alkyl halides is 3. The topological polar surface area (TPSA) is 64.3 Å². The van der Waals surface area contributed by atoms with E-state index >= 15 is 0 Å². The molecule has 5 nitrogen and oxygen atoms in total. The van der Waals surface area contributed by atoms with Gasteiger partial charge in [-0.3, -0.25) is 0 Å². The number of halogens is 3. The molecule has 102 valence electrons. The fourth-order valence-electron chi connectivity index (χ4n) is 1.89. The van der Waals surface area contributed by atoms with Crippen molar-refractivity contribution in [3.8, 4) is 5.75 Å². The second kappa shape index (κ2) is 4.15. The Morgan fingerprint density at radius 1 is 1.42 bits per heavy atom. The number of rotatable bonds is 2. The summed E-state index contributed by atoms with van der Waals surface area (Å²) in [5.74, 6) is -2.41. The number of carboxylic acids is 1. The maximum Gasteiger partial charge on any atom is 0.449 e. The summed E-state index contributed by atoms with van der Waals surface area (Å²) in [7, 11) is 2.39. The number of nitrogens with zero attached hydrogens (tertiary/aromatic N) is 2. The predicted octanol–water partition coefficient (Wildman–Crippen LogP) is 2.30. The van der Waals surface area contributed by atoms with Crippen LogP contribution in [0.1, 0.15) is 16.2 Å². The van der Waals surface area contributed by atoms with Crippen LogP contribution in [0.3, 0.4) is 0 Å². The molecule has 1 N–H and O–H groups in total. The van der Waals surface area contributed by atoms with Crippen molar-refractivity contribution < 1.29 is 27.8 Å². The number of benzene rings is 1. The van der Waals surface area contributed by atoms with Gasteiger partial charge < -0.3 is 14.4 Å². The predicted molar refractivity (Wildman–Crippen MR) is 59.2 cm³/mol. The molecule has 0 saturated carbocycles. The molecule has 0 aliphatic rings. The summed E-state index contributed by atoms with van der Waals surface area (Å²) >= 11 is 0. The van der Waals surface area contributed by atoms with E-state index in [4.69, 9.17) is 9.84 Å². The zero-order valence-corrected chi connectivity index (χ0v) is 9.95. The van der Waals surface area contributed by atoms with Crippen LogP contribution >= 0.6 is 0 Å². The van der Waals surface area contributed by atoms with E-state index in [1.54, 1.807) is 0 Å². The number of fused-ring (bicyclic) bond motifs is 1. The minimum atomic E-state index is -4.67. The van der Waals surface area contributed by atoms with Crippen LogP contribution in [0.4, 0.5) is 13.2 Å².